The molecule has 0 saturated heterocycles. The summed E-state index contributed by atoms with van der Waals surface area (Å²) in [6.45, 7) is 0. The first-order valence-electron chi connectivity index (χ1n) is 9.21. The molecule has 0 aliphatic carbocycles. The number of benzene rings is 3. The maximum atomic E-state index is 12.5. The molecule has 8 nitrogen and oxygen atoms in total. The highest BCUT2D eigenvalue weighted by molar-refractivity contribution is 5.93. The number of aliphatic hydroxyl groups is 1. The Balaban J connectivity index is 1.94. The van der Waals surface area contributed by atoms with Crippen molar-refractivity contribution in [3.05, 3.63) is 95.6 Å². The fourth-order valence-corrected chi connectivity index (χ4v) is 2.68. The highest BCUT2D eigenvalue weighted by atomic mass is 16.6. The maximum absolute atomic E-state index is 12.5. The predicted octanol–water partition coefficient (Wildman–Crippen LogP) is 2.57. The van der Waals surface area contributed by atoms with Crippen molar-refractivity contribution in [1.82, 2.24) is 0 Å². The van der Waals surface area contributed by atoms with Crippen LogP contribution in [0.25, 0.3) is 0 Å². The molecular formula is C23H19NO7. The van der Waals surface area contributed by atoms with E-state index in [-0.39, 0.29) is 28.2 Å². The van der Waals surface area contributed by atoms with E-state index in [1.54, 1.807) is 48.5 Å². The number of rotatable bonds is 7. The van der Waals surface area contributed by atoms with Crippen LogP contribution in [-0.2, 0) is 4.79 Å². The van der Waals surface area contributed by atoms with Crippen LogP contribution < -0.4 is 15.2 Å². The van der Waals surface area contributed by atoms with Gasteiger partial charge in [0.2, 0.25) is 0 Å². The second-order valence-electron chi connectivity index (χ2n) is 6.53. The van der Waals surface area contributed by atoms with E-state index in [2.05, 4.69) is 0 Å². The third-order valence-corrected chi connectivity index (χ3v) is 4.36. The summed E-state index contributed by atoms with van der Waals surface area (Å²) < 4.78 is 10.7. The number of aliphatic carboxylic acids is 1. The number of hydrogen-bond donors (Lipinski definition) is 3. The molecule has 0 aliphatic rings. The molecule has 0 heterocycles. The minimum absolute atomic E-state index is 0.0743. The molecule has 0 unspecified atom stereocenters. The van der Waals surface area contributed by atoms with Crippen LogP contribution in [0.15, 0.2) is 78.9 Å². The molecule has 8 heteroatoms. The van der Waals surface area contributed by atoms with Gasteiger partial charge in [-0.1, -0.05) is 42.5 Å². The smallest absolute Gasteiger partial charge is 0.343 e. The minimum atomic E-state index is -1.60. The Morgan fingerprint density at radius 3 is 1.71 bits per heavy atom. The number of esters is 2. The summed E-state index contributed by atoms with van der Waals surface area (Å²) in [6.07, 6.45) is -1.58. The highest BCUT2D eigenvalue weighted by Crippen LogP contribution is 2.32. The fourth-order valence-electron chi connectivity index (χ4n) is 2.68. The van der Waals surface area contributed by atoms with Crippen LogP contribution in [0.2, 0.25) is 0 Å². The molecule has 158 valence electrons. The monoisotopic (exact) mass is 421 g/mol. The molecule has 31 heavy (non-hydrogen) atoms. The molecular weight excluding hydrogens is 402 g/mol. The summed E-state index contributed by atoms with van der Waals surface area (Å²) in [5.41, 5.74) is 6.08. The van der Waals surface area contributed by atoms with Gasteiger partial charge in [0, 0.05) is 0 Å². The number of carboxylic acids is 1. The zero-order valence-electron chi connectivity index (χ0n) is 16.2. The number of hydrogen-bond acceptors (Lipinski definition) is 7. The van der Waals surface area contributed by atoms with E-state index in [9.17, 15) is 19.5 Å². The van der Waals surface area contributed by atoms with E-state index >= 15 is 0 Å². The number of carbonyl (C=O) groups excluding carboxylic acids is 2. The minimum Gasteiger partial charge on any atom is -0.480 e. The Morgan fingerprint density at radius 1 is 0.742 bits per heavy atom. The summed E-state index contributed by atoms with van der Waals surface area (Å²) in [5.74, 6) is -3.08. The van der Waals surface area contributed by atoms with Crippen molar-refractivity contribution in [2.45, 2.75) is 12.1 Å². The van der Waals surface area contributed by atoms with Crippen molar-refractivity contribution < 1.29 is 34.1 Å². The molecule has 0 fully saturated rings. The second-order valence-corrected chi connectivity index (χ2v) is 6.53. The highest BCUT2D eigenvalue weighted by Gasteiger charge is 2.26. The van der Waals surface area contributed by atoms with Crippen molar-refractivity contribution in [3.8, 4) is 11.5 Å². The first kappa shape index (κ1) is 21.7. The van der Waals surface area contributed by atoms with Crippen LogP contribution in [0.4, 0.5) is 0 Å². The van der Waals surface area contributed by atoms with Gasteiger partial charge in [0.15, 0.2) is 11.5 Å². The van der Waals surface area contributed by atoms with Gasteiger partial charge in [0.25, 0.3) is 0 Å². The number of carboxylic acid groups (broad SMARTS) is 1. The third kappa shape index (κ3) is 5.33. The van der Waals surface area contributed by atoms with Crippen LogP contribution in [0.5, 0.6) is 11.5 Å². The number of carbonyl (C=O) groups is 3. The molecule has 0 aromatic heterocycles. The molecule has 0 saturated carbocycles. The topological polar surface area (TPSA) is 136 Å². The lowest BCUT2D eigenvalue weighted by molar-refractivity contribution is -0.141. The van der Waals surface area contributed by atoms with Crippen LogP contribution >= 0.6 is 0 Å². The summed E-state index contributed by atoms with van der Waals surface area (Å²) in [4.78, 5) is 36.0. The Kier molecular flexibility index (Phi) is 6.76. The first-order valence-corrected chi connectivity index (χ1v) is 9.21. The average Bonchev–Trinajstić information content (AvgIpc) is 2.80. The lowest BCUT2D eigenvalue weighted by atomic mass is 10.0. The van der Waals surface area contributed by atoms with Gasteiger partial charge in [0.05, 0.1) is 11.1 Å². The largest absolute Gasteiger partial charge is 0.480 e. The molecule has 0 bridgehead atoms. The van der Waals surface area contributed by atoms with Gasteiger partial charge >= 0.3 is 17.9 Å². The SMILES string of the molecule is N[C@H](C(=O)O)[C@H](O)c1ccc(OC(=O)c2ccccc2)c(OC(=O)c2ccccc2)c1. The van der Waals surface area contributed by atoms with E-state index < -0.39 is 30.1 Å². The molecule has 4 N–H and O–H groups in total. The second kappa shape index (κ2) is 9.66. The van der Waals surface area contributed by atoms with Crippen molar-refractivity contribution in [2.24, 2.45) is 5.73 Å². The van der Waals surface area contributed by atoms with E-state index in [4.69, 9.17) is 20.3 Å². The van der Waals surface area contributed by atoms with Crippen LogP contribution in [-0.4, -0.2) is 34.2 Å². The lowest BCUT2D eigenvalue weighted by Gasteiger charge is -2.17. The molecule has 0 spiro atoms. The van der Waals surface area contributed by atoms with E-state index in [0.717, 1.165) is 0 Å². The zero-order chi connectivity index (χ0) is 22.4. The Morgan fingerprint density at radius 2 is 1.23 bits per heavy atom. The summed E-state index contributed by atoms with van der Waals surface area (Å²) in [6, 6.07) is 18.5. The molecule has 0 amide bonds. The molecule has 3 rings (SSSR count). The average molecular weight is 421 g/mol. The Hall–Kier alpha value is -4.01. The quantitative estimate of drug-likeness (QED) is 0.391. The number of nitrogens with two attached hydrogens (primary N) is 1. The standard InChI is InChI=1S/C23H19NO7/c24-19(21(26)27)20(25)16-11-12-17(30-22(28)14-7-3-1-4-8-14)18(13-16)31-23(29)15-9-5-2-6-10-15/h1-13,19-20,25H,24H2,(H,26,27)/t19-,20+/m0/s1. The number of ether oxygens (including phenoxy) is 2. The van der Waals surface area contributed by atoms with Gasteiger partial charge in [-0.15, -0.1) is 0 Å². The van der Waals surface area contributed by atoms with Gasteiger partial charge in [-0.2, -0.15) is 0 Å². The van der Waals surface area contributed by atoms with E-state index in [0.29, 0.717) is 0 Å². The van der Waals surface area contributed by atoms with Gasteiger partial charge in [0.1, 0.15) is 12.1 Å². The van der Waals surface area contributed by atoms with Crippen LogP contribution in [0, 0.1) is 0 Å². The molecule has 2 atom stereocenters. The van der Waals surface area contributed by atoms with Gasteiger partial charge in [-0.25, -0.2) is 9.59 Å². The third-order valence-electron chi connectivity index (χ3n) is 4.36. The van der Waals surface area contributed by atoms with Crippen LogP contribution in [0.3, 0.4) is 0 Å². The van der Waals surface area contributed by atoms with Crippen molar-refractivity contribution >= 4 is 17.9 Å². The van der Waals surface area contributed by atoms with E-state index in [1.165, 1.54) is 30.3 Å². The lowest BCUT2D eigenvalue weighted by Crippen LogP contribution is -2.36. The normalized spacial score (nSPS) is 12.5. The summed E-state index contributed by atoms with van der Waals surface area (Å²) in [7, 11) is 0. The van der Waals surface area contributed by atoms with Crippen molar-refractivity contribution in [3.63, 3.8) is 0 Å². The van der Waals surface area contributed by atoms with Gasteiger partial charge in [-0.3, -0.25) is 4.79 Å². The van der Waals surface area contributed by atoms with Crippen LogP contribution in [0.1, 0.15) is 32.4 Å². The predicted molar refractivity (Wildman–Crippen MR) is 110 cm³/mol. The molecule has 3 aromatic carbocycles. The van der Waals surface area contributed by atoms with Crippen molar-refractivity contribution in [2.75, 3.05) is 0 Å². The van der Waals surface area contributed by atoms with E-state index in [1.807, 2.05) is 0 Å². The fraction of sp³-hybridized carbons (Fsp3) is 0.0870. The molecule has 0 radical (unpaired) electrons. The van der Waals surface area contributed by atoms with Gasteiger partial charge in [-0.05, 0) is 42.0 Å². The zero-order valence-corrected chi connectivity index (χ0v) is 16.2. The number of aliphatic hydroxyl groups excluding tert-OH is 1. The summed E-state index contributed by atoms with van der Waals surface area (Å²) >= 11 is 0. The molecule has 3 aromatic rings. The molecule has 0 aliphatic heterocycles. The van der Waals surface area contributed by atoms with Gasteiger partial charge < -0.3 is 25.4 Å². The first-order chi connectivity index (χ1) is 14.9. The summed E-state index contributed by atoms with van der Waals surface area (Å²) in [5, 5.41) is 19.3. The Labute approximate surface area is 177 Å². The Bertz CT molecular complexity index is 1080. The van der Waals surface area contributed by atoms with Crippen molar-refractivity contribution in [1.29, 1.82) is 0 Å². The maximum Gasteiger partial charge on any atom is 0.343 e.